The molecule has 1 rings (SSSR count). The minimum atomic E-state index is 1.10. The standard InChI is InChI=1S/C12H19NS/c1-3-13(4-2)10-9-11-7-5-6-8-12(11)14/h5-8,14H,3-4,9-10H2,1-2H3. The van der Waals surface area contributed by atoms with Crippen LogP contribution < -0.4 is 0 Å². The van der Waals surface area contributed by atoms with Crippen LogP contribution in [0.4, 0.5) is 0 Å². The van der Waals surface area contributed by atoms with E-state index in [1.54, 1.807) is 0 Å². The summed E-state index contributed by atoms with van der Waals surface area (Å²) in [6, 6.07) is 8.33. The van der Waals surface area contributed by atoms with Crippen LogP contribution in [0.5, 0.6) is 0 Å². The Labute approximate surface area is 92.5 Å². The minimum absolute atomic E-state index is 1.10. The third kappa shape index (κ3) is 3.35. The van der Waals surface area contributed by atoms with Crippen molar-refractivity contribution in [1.29, 1.82) is 0 Å². The number of thiol groups is 1. The van der Waals surface area contributed by atoms with E-state index in [4.69, 9.17) is 0 Å². The lowest BCUT2D eigenvalue weighted by Gasteiger charge is -2.18. The molecule has 0 heterocycles. The van der Waals surface area contributed by atoms with E-state index in [-0.39, 0.29) is 0 Å². The predicted molar refractivity (Wildman–Crippen MR) is 65.2 cm³/mol. The molecule has 1 nitrogen and oxygen atoms in total. The zero-order valence-corrected chi connectivity index (χ0v) is 9.93. The fourth-order valence-electron chi connectivity index (χ4n) is 1.54. The Morgan fingerprint density at radius 3 is 2.36 bits per heavy atom. The Morgan fingerprint density at radius 2 is 1.79 bits per heavy atom. The first kappa shape index (κ1) is 11.6. The third-order valence-corrected chi connectivity index (χ3v) is 3.02. The third-order valence-electron chi connectivity index (χ3n) is 2.58. The molecule has 0 unspecified atom stereocenters. The highest BCUT2D eigenvalue weighted by atomic mass is 32.1. The van der Waals surface area contributed by atoms with E-state index in [0.29, 0.717) is 0 Å². The van der Waals surface area contributed by atoms with Gasteiger partial charge in [0.05, 0.1) is 0 Å². The van der Waals surface area contributed by atoms with E-state index in [9.17, 15) is 0 Å². The van der Waals surface area contributed by atoms with E-state index in [2.05, 4.69) is 49.6 Å². The molecule has 0 aliphatic heterocycles. The predicted octanol–water partition coefficient (Wildman–Crippen LogP) is 2.86. The highest BCUT2D eigenvalue weighted by Gasteiger charge is 2.01. The van der Waals surface area contributed by atoms with Crippen molar-refractivity contribution >= 4 is 12.6 Å². The molecule has 0 radical (unpaired) electrons. The molecule has 0 saturated heterocycles. The van der Waals surface area contributed by atoms with Crippen LogP contribution in [0.2, 0.25) is 0 Å². The maximum absolute atomic E-state index is 4.44. The van der Waals surface area contributed by atoms with Crippen LogP contribution in [0, 0.1) is 0 Å². The average molecular weight is 209 g/mol. The van der Waals surface area contributed by atoms with Crippen LogP contribution in [0.15, 0.2) is 29.2 Å². The van der Waals surface area contributed by atoms with Gasteiger partial charge in [0, 0.05) is 11.4 Å². The topological polar surface area (TPSA) is 3.24 Å². The van der Waals surface area contributed by atoms with Crippen molar-refractivity contribution in [3.05, 3.63) is 29.8 Å². The van der Waals surface area contributed by atoms with E-state index < -0.39 is 0 Å². The first-order chi connectivity index (χ1) is 6.77. The van der Waals surface area contributed by atoms with Gasteiger partial charge in [-0.2, -0.15) is 0 Å². The summed E-state index contributed by atoms with van der Waals surface area (Å²) in [4.78, 5) is 3.54. The highest BCUT2D eigenvalue weighted by molar-refractivity contribution is 7.80. The number of benzene rings is 1. The number of hydrogen-bond donors (Lipinski definition) is 1. The minimum Gasteiger partial charge on any atom is -0.304 e. The molecule has 2 heteroatoms. The molecular formula is C12H19NS. The molecule has 0 aromatic heterocycles. The van der Waals surface area contributed by atoms with Crippen molar-refractivity contribution in [2.24, 2.45) is 0 Å². The normalized spacial score (nSPS) is 10.9. The molecule has 1 aromatic rings. The second kappa shape index (κ2) is 6.10. The molecule has 0 spiro atoms. The number of nitrogens with zero attached hydrogens (tertiary/aromatic N) is 1. The lowest BCUT2D eigenvalue weighted by molar-refractivity contribution is 0.307. The van der Waals surface area contributed by atoms with Crippen molar-refractivity contribution in [3.63, 3.8) is 0 Å². The van der Waals surface area contributed by atoms with E-state index in [0.717, 1.165) is 31.0 Å². The molecule has 0 aliphatic carbocycles. The number of hydrogen-bond acceptors (Lipinski definition) is 2. The van der Waals surface area contributed by atoms with Crippen LogP contribution in [-0.4, -0.2) is 24.5 Å². The first-order valence-corrected chi connectivity index (χ1v) is 5.71. The van der Waals surface area contributed by atoms with Crippen LogP contribution in [-0.2, 0) is 6.42 Å². The molecule has 0 bridgehead atoms. The second-order valence-corrected chi connectivity index (χ2v) is 3.89. The molecule has 0 N–H and O–H groups in total. The lowest BCUT2D eigenvalue weighted by Crippen LogP contribution is -2.25. The summed E-state index contributed by atoms with van der Waals surface area (Å²) < 4.78 is 0. The summed E-state index contributed by atoms with van der Waals surface area (Å²) in [5.74, 6) is 0. The van der Waals surface area contributed by atoms with Gasteiger partial charge in [0.2, 0.25) is 0 Å². The fraction of sp³-hybridized carbons (Fsp3) is 0.500. The molecule has 0 aliphatic rings. The smallest absolute Gasteiger partial charge is 0.00725 e. The van der Waals surface area contributed by atoms with Gasteiger partial charge >= 0.3 is 0 Å². The summed E-state index contributed by atoms with van der Waals surface area (Å²) in [7, 11) is 0. The molecule has 1 aromatic carbocycles. The Balaban J connectivity index is 2.49. The molecule has 0 fully saturated rings. The van der Waals surface area contributed by atoms with Crippen molar-refractivity contribution in [1.82, 2.24) is 4.90 Å². The van der Waals surface area contributed by atoms with Crippen molar-refractivity contribution in [2.45, 2.75) is 25.2 Å². The van der Waals surface area contributed by atoms with Gasteiger partial charge in [-0.1, -0.05) is 32.0 Å². The summed E-state index contributed by atoms with van der Waals surface area (Å²) >= 11 is 4.44. The van der Waals surface area contributed by atoms with Crippen LogP contribution in [0.25, 0.3) is 0 Å². The van der Waals surface area contributed by atoms with Gasteiger partial charge in [0.1, 0.15) is 0 Å². The van der Waals surface area contributed by atoms with E-state index in [1.165, 1.54) is 5.56 Å². The quantitative estimate of drug-likeness (QED) is 0.730. The Kier molecular flexibility index (Phi) is 5.05. The largest absolute Gasteiger partial charge is 0.304 e. The number of likely N-dealkylation sites (N-methyl/N-ethyl adjacent to an activating group) is 1. The van der Waals surface area contributed by atoms with Gasteiger partial charge in [-0.05, 0) is 31.1 Å². The van der Waals surface area contributed by atoms with Crippen molar-refractivity contribution in [2.75, 3.05) is 19.6 Å². The van der Waals surface area contributed by atoms with Gasteiger partial charge < -0.3 is 4.90 Å². The summed E-state index contributed by atoms with van der Waals surface area (Å²) in [5, 5.41) is 0. The molecule has 0 saturated carbocycles. The maximum Gasteiger partial charge on any atom is 0.00725 e. The Hall–Kier alpha value is -0.470. The van der Waals surface area contributed by atoms with Crippen LogP contribution >= 0.6 is 12.6 Å². The van der Waals surface area contributed by atoms with Crippen molar-refractivity contribution in [3.8, 4) is 0 Å². The molecular weight excluding hydrogens is 190 g/mol. The molecule has 0 atom stereocenters. The SMILES string of the molecule is CCN(CC)CCc1ccccc1S. The zero-order chi connectivity index (χ0) is 10.4. The van der Waals surface area contributed by atoms with Crippen LogP contribution in [0.3, 0.4) is 0 Å². The lowest BCUT2D eigenvalue weighted by atomic mass is 10.1. The van der Waals surface area contributed by atoms with Gasteiger partial charge in [0.15, 0.2) is 0 Å². The van der Waals surface area contributed by atoms with E-state index in [1.807, 2.05) is 6.07 Å². The van der Waals surface area contributed by atoms with Crippen molar-refractivity contribution < 1.29 is 0 Å². The fourth-order valence-corrected chi connectivity index (χ4v) is 1.81. The zero-order valence-electron chi connectivity index (χ0n) is 9.03. The first-order valence-electron chi connectivity index (χ1n) is 5.27. The van der Waals surface area contributed by atoms with Gasteiger partial charge in [0.25, 0.3) is 0 Å². The second-order valence-electron chi connectivity index (χ2n) is 3.41. The Bertz CT molecular complexity index is 269. The number of rotatable bonds is 5. The highest BCUT2D eigenvalue weighted by Crippen LogP contribution is 2.13. The maximum atomic E-state index is 4.44. The molecule has 0 amide bonds. The van der Waals surface area contributed by atoms with Gasteiger partial charge in [-0.3, -0.25) is 0 Å². The summed E-state index contributed by atoms with van der Waals surface area (Å²) in [5.41, 5.74) is 1.35. The average Bonchev–Trinajstić information content (AvgIpc) is 2.22. The molecule has 14 heavy (non-hydrogen) atoms. The molecule has 78 valence electrons. The Morgan fingerprint density at radius 1 is 1.14 bits per heavy atom. The monoisotopic (exact) mass is 209 g/mol. The van der Waals surface area contributed by atoms with E-state index >= 15 is 0 Å². The summed E-state index contributed by atoms with van der Waals surface area (Å²) in [6.45, 7) is 7.80. The van der Waals surface area contributed by atoms with Gasteiger partial charge in [-0.15, -0.1) is 12.6 Å². The van der Waals surface area contributed by atoms with Crippen LogP contribution in [0.1, 0.15) is 19.4 Å². The summed E-state index contributed by atoms with van der Waals surface area (Å²) in [6.07, 6.45) is 1.10. The van der Waals surface area contributed by atoms with Gasteiger partial charge in [-0.25, -0.2) is 0 Å².